The van der Waals surface area contributed by atoms with Crippen LogP contribution in [0.2, 0.25) is 0 Å². The van der Waals surface area contributed by atoms with Crippen LogP contribution in [0.25, 0.3) is 0 Å². The first-order valence-corrected chi connectivity index (χ1v) is 6.29. The molecular weight excluding hydrogens is 314 g/mol. The second-order valence-corrected chi connectivity index (χ2v) is 4.93. The highest BCUT2D eigenvalue weighted by Crippen LogP contribution is 2.31. The number of nitrogen functional groups attached to an aromatic ring is 1. The number of aromatic nitrogens is 2. The number of hydrogen-bond acceptors (Lipinski definition) is 6. The third-order valence-corrected chi connectivity index (χ3v) is 3.02. The molecular formula is C12H12BrN3O3. The van der Waals surface area contributed by atoms with Gasteiger partial charge in [-0.1, -0.05) is 26.2 Å². The molecule has 0 fully saturated rings. The molecule has 100 valence electrons. The largest absolute Gasteiger partial charge is 0.484 e. The number of carbonyl (C=O) groups excluding carboxylic acids is 1. The second kappa shape index (κ2) is 5.40. The number of halogens is 1. The first kappa shape index (κ1) is 13.5. The van der Waals surface area contributed by atoms with E-state index in [0.717, 1.165) is 4.47 Å². The topological polar surface area (TPSA) is 91.2 Å². The Morgan fingerprint density at radius 3 is 2.79 bits per heavy atom. The molecule has 0 atom stereocenters. The Bertz CT molecular complexity index is 625. The average Bonchev–Trinajstić information content (AvgIpc) is 2.73. The molecule has 0 bridgehead atoms. The lowest BCUT2D eigenvalue weighted by Crippen LogP contribution is -2.06. The van der Waals surface area contributed by atoms with Crippen LogP contribution in [0.15, 0.2) is 21.2 Å². The van der Waals surface area contributed by atoms with Gasteiger partial charge in [0.2, 0.25) is 0 Å². The number of ketones is 1. The van der Waals surface area contributed by atoms with Crippen molar-refractivity contribution in [3.05, 3.63) is 33.6 Å². The number of hydrogen-bond donors (Lipinski definition) is 1. The molecule has 1 aromatic carbocycles. The summed E-state index contributed by atoms with van der Waals surface area (Å²) < 4.78 is 10.9. The minimum Gasteiger partial charge on any atom is -0.484 e. The molecule has 7 heteroatoms. The summed E-state index contributed by atoms with van der Waals surface area (Å²) in [7, 11) is 0. The van der Waals surface area contributed by atoms with Crippen molar-refractivity contribution < 1.29 is 14.2 Å². The Labute approximate surface area is 118 Å². The van der Waals surface area contributed by atoms with Crippen LogP contribution in [0, 0.1) is 6.92 Å². The zero-order valence-electron chi connectivity index (χ0n) is 10.4. The van der Waals surface area contributed by atoms with Crippen LogP contribution in [0.4, 0.5) is 5.69 Å². The van der Waals surface area contributed by atoms with Crippen molar-refractivity contribution in [2.45, 2.75) is 20.5 Å². The van der Waals surface area contributed by atoms with Crippen LogP contribution in [0.5, 0.6) is 5.75 Å². The fourth-order valence-corrected chi connectivity index (χ4v) is 2.03. The van der Waals surface area contributed by atoms with E-state index in [1.54, 1.807) is 19.1 Å². The minimum atomic E-state index is -0.127. The smallest absolute Gasteiger partial charge is 0.163 e. The van der Waals surface area contributed by atoms with Crippen LogP contribution in [0.1, 0.15) is 28.7 Å². The maximum absolute atomic E-state index is 11.6. The van der Waals surface area contributed by atoms with Crippen molar-refractivity contribution in [3.8, 4) is 5.75 Å². The molecule has 1 heterocycles. The molecule has 2 rings (SSSR count). The highest BCUT2D eigenvalue weighted by molar-refractivity contribution is 9.10. The average molecular weight is 326 g/mol. The summed E-state index contributed by atoms with van der Waals surface area (Å²) in [4.78, 5) is 11.6. The van der Waals surface area contributed by atoms with E-state index in [2.05, 4.69) is 30.9 Å². The Kier molecular flexibility index (Phi) is 3.84. The quantitative estimate of drug-likeness (QED) is 0.686. The Morgan fingerprint density at radius 1 is 1.47 bits per heavy atom. The first-order valence-electron chi connectivity index (χ1n) is 5.50. The summed E-state index contributed by atoms with van der Waals surface area (Å²) in [5.74, 6) is 0.219. The number of nitrogens with two attached hydrogens (primary N) is 1. The van der Waals surface area contributed by atoms with E-state index in [0.29, 0.717) is 28.4 Å². The van der Waals surface area contributed by atoms with E-state index in [9.17, 15) is 4.79 Å². The number of anilines is 1. The minimum absolute atomic E-state index is 0.127. The molecule has 0 unspecified atom stereocenters. The molecule has 0 saturated heterocycles. The number of benzene rings is 1. The first-order chi connectivity index (χ1) is 8.99. The zero-order chi connectivity index (χ0) is 14.0. The summed E-state index contributed by atoms with van der Waals surface area (Å²) in [5, 5.41) is 7.36. The van der Waals surface area contributed by atoms with Gasteiger partial charge in [0.25, 0.3) is 0 Å². The van der Waals surface area contributed by atoms with Gasteiger partial charge in [-0.25, -0.2) is 4.63 Å². The number of nitrogens with zero attached hydrogens (tertiary/aromatic N) is 2. The van der Waals surface area contributed by atoms with Crippen molar-refractivity contribution in [2.24, 2.45) is 0 Å². The lowest BCUT2D eigenvalue weighted by molar-refractivity contribution is 0.101. The van der Waals surface area contributed by atoms with E-state index in [-0.39, 0.29) is 12.4 Å². The van der Waals surface area contributed by atoms with Gasteiger partial charge < -0.3 is 10.5 Å². The van der Waals surface area contributed by atoms with Gasteiger partial charge in [0.15, 0.2) is 11.5 Å². The van der Waals surface area contributed by atoms with Gasteiger partial charge in [0.05, 0.1) is 11.3 Å². The predicted octanol–water partition coefficient (Wildman–Crippen LogP) is 2.50. The van der Waals surface area contributed by atoms with E-state index in [4.69, 9.17) is 10.5 Å². The lowest BCUT2D eigenvalue weighted by Gasteiger charge is -2.12. The van der Waals surface area contributed by atoms with Crippen LogP contribution in [0.3, 0.4) is 0 Å². The fraction of sp³-hybridized carbons (Fsp3) is 0.250. The summed E-state index contributed by atoms with van der Waals surface area (Å²) in [5.41, 5.74) is 7.88. The van der Waals surface area contributed by atoms with Gasteiger partial charge in [-0.2, -0.15) is 0 Å². The number of carbonyl (C=O) groups is 1. The van der Waals surface area contributed by atoms with Crippen LogP contribution >= 0.6 is 15.9 Å². The summed E-state index contributed by atoms with van der Waals surface area (Å²) in [6.07, 6.45) is 0. The van der Waals surface area contributed by atoms with Crippen molar-refractivity contribution in [1.82, 2.24) is 10.3 Å². The molecule has 0 aliphatic rings. The molecule has 1 aromatic heterocycles. The van der Waals surface area contributed by atoms with Crippen molar-refractivity contribution in [1.29, 1.82) is 0 Å². The van der Waals surface area contributed by atoms with Crippen LogP contribution in [-0.4, -0.2) is 16.1 Å². The van der Waals surface area contributed by atoms with Gasteiger partial charge in [0, 0.05) is 4.47 Å². The monoisotopic (exact) mass is 325 g/mol. The number of Topliss-reactive ketones (excluding diaryl/α,β-unsaturated/α-hetero) is 1. The summed E-state index contributed by atoms with van der Waals surface area (Å²) >= 11 is 3.29. The van der Waals surface area contributed by atoms with Crippen LogP contribution < -0.4 is 10.5 Å². The highest BCUT2D eigenvalue weighted by Gasteiger charge is 2.15. The molecule has 0 saturated carbocycles. The molecule has 0 aliphatic carbocycles. The number of aryl methyl sites for hydroxylation is 1. The second-order valence-electron chi connectivity index (χ2n) is 4.01. The van der Waals surface area contributed by atoms with Gasteiger partial charge in [-0.3, -0.25) is 4.79 Å². The Balaban J connectivity index is 2.29. The Hall–Kier alpha value is -1.89. The van der Waals surface area contributed by atoms with Crippen LogP contribution in [-0.2, 0) is 6.61 Å². The molecule has 2 N–H and O–H groups in total. The zero-order valence-corrected chi connectivity index (χ0v) is 12.0. The molecule has 0 radical (unpaired) electrons. The molecule has 0 spiro atoms. The van der Waals surface area contributed by atoms with E-state index in [1.165, 1.54) is 6.92 Å². The maximum Gasteiger partial charge on any atom is 0.163 e. The molecule has 2 aromatic rings. The summed E-state index contributed by atoms with van der Waals surface area (Å²) in [6.45, 7) is 3.35. The number of ether oxygens (including phenoxy) is 1. The molecule has 6 nitrogen and oxygen atoms in total. The van der Waals surface area contributed by atoms with E-state index >= 15 is 0 Å². The normalized spacial score (nSPS) is 10.5. The maximum atomic E-state index is 11.6. The van der Waals surface area contributed by atoms with Crippen molar-refractivity contribution in [3.63, 3.8) is 0 Å². The molecule has 0 amide bonds. The Morgan fingerprint density at radius 2 is 2.21 bits per heavy atom. The van der Waals surface area contributed by atoms with Gasteiger partial charge in [-0.05, 0) is 26.0 Å². The third-order valence-electron chi connectivity index (χ3n) is 2.56. The fourth-order valence-electron chi connectivity index (χ4n) is 1.56. The van der Waals surface area contributed by atoms with Crippen molar-refractivity contribution >= 4 is 27.4 Å². The molecule has 0 aliphatic heterocycles. The van der Waals surface area contributed by atoms with E-state index in [1.807, 2.05) is 0 Å². The van der Waals surface area contributed by atoms with Gasteiger partial charge >= 0.3 is 0 Å². The summed E-state index contributed by atoms with van der Waals surface area (Å²) in [6, 6.07) is 3.34. The molecule has 19 heavy (non-hydrogen) atoms. The van der Waals surface area contributed by atoms with Gasteiger partial charge in [-0.15, -0.1) is 0 Å². The number of rotatable bonds is 4. The van der Waals surface area contributed by atoms with Gasteiger partial charge in [0.1, 0.15) is 18.0 Å². The van der Waals surface area contributed by atoms with Crippen molar-refractivity contribution in [2.75, 3.05) is 5.73 Å². The van der Waals surface area contributed by atoms with E-state index < -0.39 is 0 Å². The predicted molar refractivity (Wildman–Crippen MR) is 71.9 cm³/mol. The highest BCUT2D eigenvalue weighted by atomic mass is 79.9. The lowest BCUT2D eigenvalue weighted by atomic mass is 10.1. The SMILES string of the molecule is CC(=O)c1cc(Br)cc(N)c1OCc1nonc1C. The standard InChI is InChI=1S/C12H12BrN3O3/c1-6-11(16-19-15-6)5-18-12-9(7(2)17)3-8(13)4-10(12)14/h3-4H,5,14H2,1-2H3. The third kappa shape index (κ3) is 2.93.